The number of rotatable bonds is 7. The summed E-state index contributed by atoms with van der Waals surface area (Å²) in [5, 5.41) is 4.12. The third-order valence-corrected chi connectivity index (χ3v) is 5.52. The van der Waals surface area contributed by atoms with E-state index in [0.29, 0.717) is 35.1 Å². The maximum Gasteiger partial charge on any atom is 0.297 e. The summed E-state index contributed by atoms with van der Waals surface area (Å²) in [5.41, 5.74) is 1.82. The van der Waals surface area contributed by atoms with Crippen molar-refractivity contribution >= 4 is 45.4 Å². The maximum atomic E-state index is 12.9. The van der Waals surface area contributed by atoms with Gasteiger partial charge in [-0.05, 0) is 50.2 Å². The van der Waals surface area contributed by atoms with Crippen LogP contribution in [0.4, 0.5) is 5.69 Å². The third-order valence-electron chi connectivity index (χ3n) is 4.54. The molecule has 30 heavy (non-hydrogen) atoms. The van der Waals surface area contributed by atoms with E-state index in [9.17, 15) is 9.59 Å². The van der Waals surface area contributed by atoms with Crippen LogP contribution in [0, 0.1) is 0 Å². The number of furan rings is 1. The van der Waals surface area contributed by atoms with E-state index in [0.717, 1.165) is 11.1 Å². The van der Waals surface area contributed by atoms with Gasteiger partial charge >= 0.3 is 0 Å². The van der Waals surface area contributed by atoms with E-state index in [-0.39, 0.29) is 22.8 Å². The van der Waals surface area contributed by atoms with Crippen molar-refractivity contribution in [2.75, 3.05) is 17.7 Å². The van der Waals surface area contributed by atoms with Gasteiger partial charge in [-0.1, -0.05) is 23.9 Å². The van der Waals surface area contributed by atoms with Crippen molar-refractivity contribution in [1.82, 2.24) is 9.55 Å². The smallest absolute Gasteiger partial charge is 0.297 e. The van der Waals surface area contributed by atoms with Gasteiger partial charge in [0.25, 0.3) is 5.56 Å². The average molecular weight is 423 g/mol. The summed E-state index contributed by atoms with van der Waals surface area (Å²) in [6.45, 7) is 4.80. The standard InChI is InChI=1S/C22H21N3O4S/c1-3-25-21(27)20-19(16-7-5-6-8-17(16)29-20)24-22(25)30-13-18(26)23-14-9-11-15(12-10-14)28-4-2/h5-12H,3-4,13H2,1-2H3,(H,23,26). The molecule has 8 heteroatoms. The molecule has 4 rings (SSSR count). The fourth-order valence-electron chi connectivity index (χ4n) is 3.17. The van der Waals surface area contributed by atoms with E-state index in [1.54, 1.807) is 24.3 Å². The van der Waals surface area contributed by atoms with Crippen molar-refractivity contribution in [3.05, 3.63) is 58.9 Å². The number of ether oxygens (including phenoxy) is 1. The second kappa shape index (κ2) is 8.62. The molecule has 0 saturated carbocycles. The highest BCUT2D eigenvalue weighted by Gasteiger charge is 2.17. The van der Waals surface area contributed by atoms with Crippen molar-refractivity contribution in [3.63, 3.8) is 0 Å². The first-order valence-corrected chi connectivity index (χ1v) is 10.7. The van der Waals surface area contributed by atoms with Crippen molar-refractivity contribution in [2.24, 2.45) is 0 Å². The number of carbonyl (C=O) groups is 1. The highest BCUT2D eigenvalue weighted by Crippen LogP contribution is 2.27. The molecule has 1 N–H and O–H groups in total. The number of para-hydroxylation sites is 1. The van der Waals surface area contributed by atoms with Gasteiger partial charge in [0, 0.05) is 17.6 Å². The minimum absolute atomic E-state index is 0.126. The Balaban J connectivity index is 1.55. The van der Waals surface area contributed by atoms with Crippen molar-refractivity contribution in [2.45, 2.75) is 25.5 Å². The number of aromatic nitrogens is 2. The lowest BCUT2D eigenvalue weighted by atomic mass is 10.2. The fraction of sp³-hybridized carbons (Fsp3) is 0.227. The minimum Gasteiger partial charge on any atom is -0.494 e. The summed E-state index contributed by atoms with van der Waals surface area (Å²) >= 11 is 1.22. The Morgan fingerprint density at radius 2 is 1.93 bits per heavy atom. The van der Waals surface area contributed by atoms with Gasteiger partial charge in [-0.15, -0.1) is 0 Å². The van der Waals surface area contributed by atoms with Crippen LogP contribution < -0.4 is 15.6 Å². The molecule has 2 aromatic heterocycles. The van der Waals surface area contributed by atoms with Crippen LogP contribution in [0.15, 0.2) is 62.9 Å². The SMILES string of the molecule is CCOc1ccc(NC(=O)CSc2nc3c(oc4ccccc43)c(=O)n2CC)cc1. The van der Waals surface area contributed by atoms with Crippen LogP contribution in [0.3, 0.4) is 0 Å². The average Bonchev–Trinajstić information content (AvgIpc) is 3.13. The predicted molar refractivity (Wildman–Crippen MR) is 118 cm³/mol. The lowest BCUT2D eigenvalue weighted by Gasteiger charge is -2.10. The normalized spacial score (nSPS) is 11.1. The van der Waals surface area contributed by atoms with Crippen LogP contribution in [0.25, 0.3) is 22.1 Å². The zero-order valence-corrected chi connectivity index (χ0v) is 17.5. The number of nitrogens with one attached hydrogen (secondary N) is 1. The summed E-state index contributed by atoms with van der Waals surface area (Å²) in [6, 6.07) is 14.6. The molecule has 7 nitrogen and oxygen atoms in total. The molecule has 0 fully saturated rings. The van der Waals surface area contributed by atoms with Crippen molar-refractivity contribution < 1.29 is 13.9 Å². The monoisotopic (exact) mass is 423 g/mol. The quantitative estimate of drug-likeness (QED) is 0.352. The van der Waals surface area contributed by atoms with Crippen molar-refractivity contribution in [3.8, 4) is 5.75 Å². The zero-order chi connectivity index (χ0) is 21.1. The van der Waals surface area contributed by atoms with Gasteiger partial charge < -0.3 is 14.5 Å². The Labute approximate surface area is 177 Å². The molecule has 0 saturated heterocycles. The van der Waals surface area contributed by atoms with Crippen molar-refractivity contribution in [1.29, 1.82) is 0 Å². The van der Waals surface area contributed by atoms with Gasteiger partial charge in [-0.25, -0.2) is 4.98 Å². The van der Waals surface area contributed by atoms with Gasteiger partial charge in [-0.3, -0.25) is 14.2 Å². The van der Waals surface area contributed by atoms with Gasteiger partial charge in [0.05, 0.1) is 12.4 Å². The number of nitrogens with zero attached hydrogens (tertiary/aromatic N) is 2. The molecule has 0 radical (unpaired) electrons. The molecule has 1 amide bonds. The first kappa shape index (κ1) is 20.0. The van der Waals surface area contributed by atoms with Gasteiger partial charge in [0.2, 0.25) is 11.5 Å². The maximum absolute atomic E-state index is 12.9. The zero-order valence-electron chi connectivity index (χ0n) is 16.7. The molecule has 2 aromatic carbocycles. The van der Waals surface area contributed by atoms with E-state index < -0.39 is 0 Å². The van der Waals surface area contributed by atoms with Crippen LogP contribution >= 0.6 is 11.8 Å². The number of carbonyl (C=O) groups excluding carboxylic acids is 1. The van der Waals surface area contributed by atoms with Crippen LogP contribution in [-0.2, 0) is 11.3 Å². The molecule has 4 aromatic rings. The lowest BCUT2D eigenvalue weighted by Crippen LogP contribution is -2.23. The Bertz CT molecular complexity index is 1260. The first-order chi connectivity index (χ1) is 14.6. The molecule has 0 aliphatic carbocycles. The number of benzene rings is 2. The van der Waals surface area contributed by atoms with E-state index in [1.807, 2.05) is 38.1 Å². The van der Waals surface area contributed by atoms with E-state index >= 15 is 0 Å². The molecule has 154 valence electrons. The molecule has 0 atom stereocenters. The number of fused-ring (bicyclic) bond motifs is 3. The van der Waals surface area contributed by atoms with E-state index in [2.05, 4.69) is 10.3 Å². The summed E-state index contributed by atoms with van der Waals surface area (Å²) in [4.78, 5) is 29.9. The Morgan fingerprint density at radius 1 is 1.17 bits per heavy atom. The Hall–Kier alpha value is -3.26. The highest BCUT2D eigenvalue weighted by molar-refractivity contribution is 7.99. The summed E-state index contributed by atoms with van der Waals surface area (Å²) in [6.07, 6.45) is 0. The molecule has 0 aliphatic rings. The van der Waals surface area contributed by atoms with E-state index in [4.69, 9.17) is 9.15 Å². The van der Waals surface area contributed by atoms with Gasteiger partial charge in [-0.2, -0.15) is 0 Å². The second-order valence-electron chi connectivity index (χ2n) is 6.51. The first-order valence-electron chi connectivity index (χ1n) is 9.68. The van der Waals surface area contributed by atoms with Crippen LogP contribution in [0.1, 0.15) is 13.8 Å². The number of amides is 1. The number of hydrogen-bond donors (Lipinski definition) is 1. The Morgan fingerprint density at radius 3 is 2.67 bits per heavy atom. The molecule has 0 bridgehead atoms. The van der Waals surface area contributed by atoms with E-state index in [1.165, 1.54) is 16.3 Å². The summed E-state index contributed by atoms with van der Waals surface area (Å²) < 4.78 is 12.6. The van der Waals surface area contributed by atoms with Gasteiger partial charge in [0.15, 0.2) is 5.16 Å². The second-order valence-corrected chi connectivity index (χ2v) is 7.46. The molecule has 0 spiro atoms. The number of thioether (sulfide) groups is 1. The Kier molecular flexibility index (Phi) is 5.76. The lowest BCUT2D eigenvalue weighted by molar-refractivity contribution is -0.113. The molecular formula is C22H21N3O4S. The summed E-state index contributed by atoms with van der Waals surface area (Å²) in [5.74, 6) is 0.695. The van der Waals surface area contributed by atoms with Crippen LogP contribution in [0.2, 0.25) is 0 Å². The molecule has 2 heterocycles. The topological polar surface area (TPSA) is 86.4 Å². The largest absolute Gasteiger partial charge is 0.494 e. The summed E-state index contributed by atoms with van der Waals surface area (Å²) in [7, 11) is 0. The highest BCUT2D eigenvalue weighted by atomic mass is 32.2. The molecular weight excluding hydrogens is 402 g/mol. The fourth-order valence-corrected chi connectivity index (χ4v) is 4.03. The van der Waals surface area contributed by atoms with Crippen LogP contribution in [-0.4, -0.2) is 27.8 Å². The van der Waals surface area contributed by atoms with Crippen LogP contribution in [0.5, 0.6) is 5.75 Å². The molecule has 0 aliphatic heterocycles. The number of anilines is 1. The van der Waals surface area contributed by atoms with Gasteiger partial charge in [0.1, 0.15) is 16.8 Å². The number of hydrogen-bond acceptors (Lipinski definition) is 6. The predicted octanol–water partition coefficient (Wildman–Crippen LogP) is 4.29. The minimum atomic E-state index is -0.242. The third kappa shape index (κ3) is 3.91. The molecule has 0 unspecified atom stereocenters.